The van der Waals surface area contributed by atoms with Crippen LogP contribution in [0.4, 0.5) is 4.39 Å². The molecule has 1 aliphatic heterocycles. The highest BCUT2D eigenvalue weighted by molar-refractivity contribution is 6.62. The van der Waals surface area contributed by atoms with Crippen molar-refractivity contribution in [2.45, 2.75) is 58.8 Å². The molecule has 0 bridgehead atoms. The summed E-state index contributed by atoms with van der Waals surface area (Å²) in [6.45, 7) is 12.0. The monoisotopic (exact) mass is 304 g/mol. The Morgan fingerprint density at radius 3 is 2.27 bits per heavy atom. The maximum atomic E-state index is 14.4. The van der Waals surface area contributed by atoms with E-state index in [1.165, 1.54) is 6.07 Å². The van der Waals surface area contributed by atoms with Crippen molar-refractivity contribution in [1.29, 1.82) is 0 Å². The lowest BCUT2D eigenvalue weighted by Gasteiger charge is -2.32. The fourth-order valence-corrected chi connectivity index (χ4v) is 2.51. The van der Waals surface area contributed by atoms with Crippen molar-refractivity contribution in [1.82, 2.24) is 9.78 Å². The van der Waals surface area contributed by atoms with Gasteiger partial charge in [-0.3, -0.25) is 4.68 Å². The van der Waals surface area contributed by atoms with Crippen LogP contribution in [0, 0.1) is 5.82 Å². The number of hydrogen-bond donors (Lipinski definition) is 0. The van der Waals surface area contributed by atoms with E-state index in [1.54, 1.807) is 4.68 Å². The Morgan fingerprint density at radius 2 is 1.73 bits per heavy atom. The third-order valence-corrected chi connectivity index (χ3v) is 4.66. The molecule has 1 saturated heterocycles. The maximum absolute atomic E-state index is 14.4. The van der Waals surface area contributed by atoms with Gasteiger partial charge in [0.15, 0.2) is 5.82 Å². The quantitative estimate of drug-likeness (QED) is 0.800. The Balaban J connectivity index is 2.02. The average Bonchev–Trinajstić information content (AvgIpc) is 2.89. The van der Waals surface area contributed by atoms with E-state index < -0.39 is 18.3 Å². The van der Waals surface area contributed by atoms with Gasteiger partial charge in [0.2, 0.25) is 0 Å². The van der Waals surface area contributed by atoms with E-state index >= 15 is 0 Å². The highest BCUT2D eigenvalue weighted by Crippen LogP contribution is 2.36. The number of hydrogen-bond acceptors (Lipinski definition) is 3. The van der Waals surface area contributed by atoms with Crippen molar-refractivity contribution in [3.63, 3.8) is 0 Å². The van der Waals surface area contributed by atoms with E-state index in [2.05, 4.69) is 5.10 Å². The maximum Gasteiger partial charge on any atom is 0.494 e. The standard InChI is InChI=1S/C16H22BFN2O2/c1-10(2)20-9-11-7-12(8-13(18)14(11)19-20)17-21-15(3,4)16(5,6)22-17/h7-10H,1-6H3. The Labute approximate surface area is 130 Å². The first-order valence-electron chi connectivity index (χ1n) is 7.65. The summed E-state index contributed by atoms with van der Waals surface area (Å²) >= 11 is 0. The lowest BCUT2D eigenvalue weighted by Crippen LogP contribution is -2.41. The first-order valence-corrected chi connectivity index (χ1v) is 7.65. The highest BCUT2D eigenvalue weighted by Gasteiger charge is 2.51. The minimum Gasteiger partial charge on any atom is -0.399 e. The van der Waals surface area contributed by atoms with Gasteiger partial charge >= 0.3 is 7.12 Å². The minimum absolute atomic E-state index is 0.187. The molecule has 0 spiro atoms. The molecule has 1 aromatic heterocycles. The predicted octanol–water partition coefficient (Wildman–Crippen LogP) is 3.06. The third kappa shape index (κ3) is 2.34. The predicted molar refractivity (Wildman–Crippen MR) is 85.8 cm³/mol. The molecule has 1 aliphatic rings. The zero-order chi connectivity index (χ0) is 16.3. The molecule has 0 atom stereocenters. The minimum atomic E-state index is -0.564. The molecule has 1 aromatic carbocycles. The second-order valence-electron chi connectivity index (χ2n) is 7.23. The molecule has 118 valence electrons. The van der Waals surface area contributed by atoms with Crippen molar-refractivity contribution < 1.29 is 13.7 Å². The summed E-state index contributed by atoms with van der Waals surface area (Å²) in [5, 5.41) is 5.06. The average molecular weight is 304 g/mol. The van der Waals surface area contributed by atoms with E-state index in [-0.39, 0.29) is 11.9 Å². The number of rotatable bonds is 2. The van der Waals surface area contributed by atoms with Crippen LogP contribution in [0.3, 0.4) is 0 Å². The second kappa shape index (κ2) is 4.80. The zero-order valence-electron chi connectivity index (χ0n) is 14.0. The van der Waals surface area contributed by atoms with Gasteiger partial charge in [0, 0.05) is 17.6 Å². The number of aromatic nitrogens is 2. The Bertz CT molecular complexity index is 708. The molecule has 0 radical (unpaired) electrons. The molecule has 0 unspecified atom stereocenters. The molecular formula is C16H22BFN2O2. The van der Waals surface area contributed by atoms with E-state index in [9.17, 15) is 4.39 Å². The van der Waals surface area contributed by atoms with Crippen LogP contribution >= 0.6 is 0 Å². The van der Waals surface area contributed by atoms with E-state index in [0.717, 1.165) is 5.39 Å². The van der Waals surface area contributed by atoms with Gasteiger partial charge in [-0.1, -0.05) is 6.07 Å². The topological polar surface area (TPSA) is 36.3 Å². The Kier molecular flexibility index (Phi) is 3.38. The van der Waals surface area contributed by atoms with Crippen LogP contribution in [0.5, 0.6) is 0 Å². The van der Waals surface area contributed by atoms with Crippen molar-refractivity contribution >= 4 is 23.5 Å². The van der Waals surface area contributed by atoms with Crippen LogP contribution in [-0.4, -0.2) is 28.1 Å². The van der Waals surface area contributed by atoms with Crippen molar-refractivity contribution in [3.05, 3.63) is 24.1 Å². The summed E-state index contributed by atoms with van der Waals surface area (Å²) in [7, 11) is -0.564. The molecule has 2 heterocycles. The van der Waals surface area contributed by atoms with Gasteiger partial charge in [-0.25, -0.2) is 4.39 Å². The zero-order valence-corrected chi connectivity index (χ0v) is 14.0. The molecule has 4 nitrogen and oxygen atoms in total. The van der Waals surface area contributed by atoms with Crippen LogP contribution in [0.25, 0.3) is 10.9 Å². The fraction of sp³-hybridized carbons (Fsp3) is 0.562. The van der Waals surface area contributed by atoms with Gasteiger partial charge in [-0.2, -0.15) is 5.10 Å². The number of nitrogens with zero attached hydrogens (tertiary/aromatic N) is 2. The van der Waals surface area contributed by atoms with Crippen molar-refractivity contribution in [3.8, 4) is 0 Å². The smallest absolute Gasteiger partial charge is 0.399 e. The molecule has 1 fully saturated rings. The lowest BCUT2D eigenvalue weighted by atomic mass is 9.78. The largest absolute Gasteiger partial charge is 0.494 e. The van der Waals surface area contributed by atoms with E-state index in [1.807, 2.05) is 53.8 Å². The summed E-state index contributed by atoms with van der Waals surface area (Å²) in [6, 6.07) is 3.54. The van der Waals surface area contributed by atoms with Crippen molar-refractivity contribution in [2.75, 3.05) is 0 Å². The first kappa shape index (κ1) is 15.5. The van der Waals surface area contributed by atoms with Gasteiger partial charge in [-0.15, -0.1) is 0 Å². The van der Waals surface area contributed by atoms with E-state index in [4.69, 9.17) is 9.31 Å². The van der Waals surface area contributed by atoms with Crippen LogP contribution in [-0.2, 0) is 9.31 Å². The summed E-state index contributed by atoms with van der Waals surface area (Å²) in [4.78, 5) is 0. The van der Waals surface area contributed by atoms with E-state index in [0.29, 0.717) is 11.0 Å². The highest BCUT2D eigenvalue weighted by atomic mass is 19.1. The normalized spacial score (nSPS) is 20.3. The summed E-state index contributed by atoms with van der Waals surface area (Å²) < 4.78 is 28.1. The van der Waals surface area contributed by atoms with Gasteiger partial charge in [0.1, 0.15) is 5.52 Å². The first-order chi connectivity index (χ1) is 10.1. The summed E-state index contributed by atoms with van der Waals surface area (Å²) in [5.74, 6) is -0.346. The molecule has 0 saturated carbocycles. The summed E-state index contributed by atoms with van der Waals surface area (Å²) in [5.41, 5.74) is 0.192. The SMILES string of the molecule is CC(C)n1cc2cc(B3OC(C)(C)C(C)(C)O3)cc(F)c2n1. The summed E-state index contributed by atoms with van der Waals surface area (Å²) in [6.07, 6.45) is 1.86. The van der Waals surface area contributed by atoms with Crippen LogP contribution in [0.1, 0.15) is 47.6 Å². The Hall–Kier alpha value is -1.40. The fourth-order valence-electron chi connectivity index (χ4n) is 2.51. The molecule has 3 rings (SSSR count). The van der Waals surface area contributed by atoms with Crippen LogP contribution in [0.15, 0.2) is 18.3 Å². The van der Waals surface area contributed by atoms with Gasteiger partial charge in [0.05, 0.1) is 11.2 Å². The number of halogens is 1. The molecule has 0 aliphatic carbocycles. The van der Waals surface area contributed by atoms with Crippen molar-refractivity contribution in [2.24, 2.45) is 0 Å². The van der Waals surface area contributed by atoms with Gasteiger partial charge in [-0.05, 0) is 53.1 Å². The van der Waals surface area contributed by atoms with Gasteiger partial charge in [0.25, 0.3) is 0 Å². The number of benzene rings is 1. The second-order valence-corrected chi connectivity index (χ2v) is 7.23. The van der Waals surface area contributed by atoms with Crippen LogP contribution in [0.2, 0.25) is 0 Å². The Morgan fingerprint density at radius 1 is 1.14 bits per heavy atom. The molecule has 6 heteroatoms. The number of fused-ring (bicyclic) bond motifs is 1. The molecule has 0 N–H and O–H groups in total. The molecule has 22 heavy (non-hydrogen) atoms. The molecular weight excluding hydrogens is 282 g/mol. The third-order valence-electron chi connectivity index (χ3n) is 4.66. The molecule has 0 amide bonds. The molecule has 2 aromatic rings. The lowest BCUT2D eigenvalue weighted by molar-refractivity contribution is 0.00578. The van der Waals surface area contributed by atoms with Crippen LogP contribution < -0.4 is 5.46 Å². The van der Waals surface area contributed by atoms with Gasteiger partial charge < -0.3 is 9.31 Å².